The lowest BCUT2D eigenvalue weighted by Crippen LogP contribution is -2.46. The number of nitrogens with zero attached hydrogens (tertiary/aromatic N) is 1. The Bertz CT molecular complexity index is 819. The van der Waals surface area contributed by atoms with E-state index in [9.17, 15) is 9.59 Å². The second-order valence-corrected chi connectivity index (χ2v) is 6.74. The molecule has 0 saturated heterocycles. The van der Waals surface area contributed by atoms with E-state index < -0.39 is 0 Å². The monoisotopic (exact) mass is 368 g/mol. The zero-order chi connectivity index (χ0) is 19.4. The maximum Gasteiger partial charge on any atom is 0.241 e. The quantitative estimate of drug-likeness (QED) is 0.794. The smallest absolute Gasteiger partial charge is 0.241 e. The first-order valence-electron chi connectivity index (χ1n) is 8.94. The van der Waals surface area contributed by atoms with E-state index in [0.29, 0.717) is 24.4 Å². The van der Waals surface area contributed by atoms with Crippen molar-refractivity contribution < 1.29 is 19.1 Å². The molecule has 2 atom stereocenters. The number of Topliss-reactive ketones (excluding diaryl/α,β-unsaturated/α-hetero) is 1. The van der Waals surface area contributed by atoms with Gasteiger partial charge in [0.05, 0.1) is 6.04 Å². The third-order valence-electron chi connectivity index (χ3n) is 4.66. The number of ether oxygens (including phenoxy) is 2. The van der Waals surface area contributed by atoms with Gasteiger partial charge >= 0.3 is 0 Å². The molecule has 0 spiro atoms. The van der Waals surface area contributed by atoms with E-state index in [-0.39, 0.29) is 23.8 Å². The highest BCUT2D eigenvalue weighted by Crippen LogP contribution is 2.31. The molecular weight excluding hydrogens is 344 g/mol. The van der Waals surface area contributed by atoms with Gasteiger partial charge in [-0.2, -0.15) is 0 Å². The Morgan fingerprint density at radius 3 is 2.48 bits per heavy atom. The molecule has 2 aromatic carbocycles. The van der Waals surface area contributed by atoms with Crippen molar-refractivity contribution in [2.24, 2.45) is 0 Å². The van der Waals surface area contributed by atoms with Gasteiger partial charge in [-0.25, -0.2) is 0 Å². The summed E-state index contributed by atoms with van der Waals surface area (Å²) in [7, 11) is 1.88. The van der Waals surface area contributed by atoms with Gasteiger partial charge < -0.3 is 14.8 Å². The molecule has 142 valence electrons. The summed E-state index contributed by atoms with van der Waals surface area (Å²) in [5, 5.41) is 2.88. The minimum absolute atomic E-state index is 0.00254. The molecule has 1 aliphatic heterocycles. The summed E-state index contributed by atoms with van der Waals surface area (Å²) in [6.45, 7) is 4.37. The van der Waals surface area contributed by atoms with Crippen LogP contribution in [0, 0.1) is 0 Å². The number of carbonyl (C=O) groups is 2. The van der Waals surface area contributed by atoms with Crippen LogP contribution in [0.15, 0.2) is 48.5 Å². The van der Waals surface area contributed by atoms with Crippen LogP contribution in [0.25, 0.3) is 0 Å². The van der Waals surface area contributed by atoms with E-state index in [0.717, 1.165) is 11.5 Å². The molecule has 0 bridgehead atoms. The standard InChI is InChI=1S/C21H24N2O4/c1-14(21(25)22-17-10-8-16(9-11-17)15(2)24)23(3)12-18-13-26-19-6-4-5-7-20(19)27-18/h4-11,14,18H,12-13H2,1-3H3,(H,22,25)/t14-,18+/m0/s1. The minimum Gasteiger partial charge on any atom is -0.486 e. The highest BCUT2D eigenvalue weighted by atomic mass is 16.6. The fraction of sp³-hybridized carbons (Fsp3) is 0.333. The van der Waals surface area contributed by atoms with Crippen molar-refractivity contribution in [2.75, 3.05) is 25.5 Å². The van der Waals surface area contributed by atoms with Crippen LogP contribution in [0.3, 0.4) is 0 Å². The number of nitrogens with one attached hydrogen (secondary N) is 1. The number of benzene rings is 2. The maximum absolute atomic E-state index is 12.5. The van der Waals surface area contributed by atoms with Gasteiger partial charge in [0.25, 0.3) is 0 Å². The van der Waals surface area contributed by atoms with E-state index in [4.69, 9.17) is 9.47 Å². The van der Waals surface area contributed by atoms with Gasteiger partial charge in [0.1, 0.15) is 12.7 Å². The van der Waals surface area contributed by atoms with Gasteiger partial charge in [-0.3, -0.25) is 14.5 Å². The van der Waals surface area contributed by atoms with E-state index >= 15 is 0 Å². The Morgan fingerprint density at radius 2 is 1.81 bits per heavy atom. The van der Waals surface area contributed by atoms with Gasteiger partial charge in [0.2, 0.25) is 5.91 Å². The summed E-state index contributed by atoms with van der Waals surface area (Å²) in [6.07, 6.45) is -0.144. The van der Waals surface area contributed by atoms with Crippen LogP contribution in [-0.2, 0) is 4.79 Å². The molecule has 0 aliphatic carbocycles. The number of para-hydroxylation sites is 2. The largest absolute Gasteiger partial charge is 0.486 e. The molecule has 0 unspecified atom stereocenters. The zero-order valence-corrected chi connectivity index (χ0v) is 15.8. The Labute approximate surface area is 159 Å². The lowest BCUT2D eigenvalue weighted by molar-refractivity contribution is -0.120. The van der Waals surface area contributed by atoms with Crippen LogP contribution >= 0.6 is 0 Å². The first-order valence-corrected chi connectivity index (χ1v) is 8.94. The number of hydrogen-bond donors (Lipinski definition) is 1. The second kappa shape index (κ2) is 8.22. The summed E-state index contributed by atoms with van der Waals surface area (Å²) in [5.74, 6) is 1.35. The second-order valence-electron chi connectivity index (χ2n) is 6.74. The molecule has 1 heterocycles. The van der Waals surface area contributed by atoms with E-state index in [1.54, 1.807) is 24.3 Å². The fourth-order valence-corrected chi connectivity index (χ4v) is 2.87. The molecule has 0 fully saturated rings. The first kappa shape index (κ1) is 18.9. The molecule has 6 nitrogen and oxygen atoms in total. The van der Waals surface area contributed by atoms with Crippen LogP contribution in [0.5, 0.6) is 11.5 Å². The number of fused-ring (bicyclic) bond motifs is 1. The van der Waals surface area contributed by atoms with Gasteiger partial charge in [-0.15, -0.1) is 0 Å². The molecule has 0 radical (unpaired) electrons. The third-order valence-corrected chi connectivity index (χ3v) is 4.66. The summed E-state index contributed by atoms with van der Waals surface area (Å²) in [6, 6.07) is 14.1. The highest BCUT2D eigenvalue weighted by molar-refractivity contribution is 5.96. The van der Waals surface area contributed by atoms with Crippen molar-refractivity contribution in [3.8, 4) is 11.5 Å². The predicted octanol–water partition coefficient (Wildman–Crippen LogP) is 2.99. The SMILES string of the molecule is CC(=O)c1ccc(NC(=O)[C@H](C)N(C)C[C@@H]2COc3ccccc3O2)cc1. The number of anilines is 1. The average molecular weight is 368 g/mol. The number of amides is 1. The Kier molecular flexibility index (Phi) is 5.76. The fourth-order valence-electron chi connectivity index (χ4n) is 2.87. The highest BCUT2D eigenvalue weighted by Gasteiger charge is 2.26. The van der Waals surface area contributed by atoms with Crippen LogP contribution < -0.4 is 14.8 Å². The van der Waals surface area contributed by atoms with Gasteiger partial charge in [-0.05, 0) is 57.3 Å². The number of hydrogen-bond acceptors (Lipinski definition) is 5. The molecule has 1 N–H and O–H groups in total. The molecule has 1 amide bonds. The summed E-state index contributed by atoms with van der Waals surface area (Å²) >= 11 is 0. The zero-order valence-electron chi connectivity index (χ0n) is 15.8. The molecule has 27 heavy (non-hydrogen) atoms. The van der Waals surface area contributed by atoms with Crippen molar-refractivity contribution in [3.05, 3.63) is 54.1 Å². The van der Waals surface area contributed by atoms with Gasteiger partial charge in [0, 0.05) is 17.8 Å². The van der Waals surface area contributed by atoms with E-state index in [2.05, 4.69) is 5.32 Å². The van der Waals surface area contributed by atoms with Crippen molar-refractivity contribution in [1.82, 2.24) is 4.90 Å². The molecule has 1 aliphatic rings. The van der Waals surface area contributed by atoms with Crippen LogP contribution in [0.1, 0.15) is 24.2 Å². The lowest BCUT2D eigenvalue weighted by atomic mass is 10.1. The van der Waals surface area contributed by atoms with Crippen molar-refractivity contribution >= 4 is 17.4 Å². The molecule has 6 heteroatoms. The molecule has 2 aromatic rings. The maximum atomic E-state index is 12.5. The Balaban J connectivity index is 1.54. The van der Waals surface area contributed by atoms with Crippen LogP contribution in [-0.4, -0.2) is 48.9 Å². The van der Waals surface area contributed by atoms with Crippen molar-refractivity contribution in [2.45, 2.75) is 26.0 Å². The minimum atomic E-state index is -0.349. The van der Waals surface area contributed by atoms with Crippen molar-refractivity contribution in [3.63, 3.8) is 0 Å². The number of ketones is 1. The predicted molar refractivity (Wildman–Crippen MR) is 104 cm³/mol. The van der Waals surface area contributed by atoms with Crippen molar-refractivity contribution in [1.29, 1.82) is 0 Å². The average Bonchev–Trinajstić information content (AvgIpc) is 2.67. The van der Waals surface area contributed by atoms with E-state index in [1.807, 2.05) is 43.1 Å². The van der Waals surface area contributed by atoms with Gasteiger partial charge in [-0.1, -0.05) is 12.1 Å². The van der Waals surface area contributed by atoms with Crippen LogP contribution in [0.2, 0.25) is 0 Å². The topological polar surface area (TPSA) is 67.9 Å². The Morgan fingerprint density at radius 1 is 1.15 bits per heavy atom. The summed E-state index contributed by atoms with van der Waals surface area (Å²) in [4.78, 5) is 25.8. The summed E-state index contributed by atoms with van der Waals surface area (Å²) in [5.41, 5.74) is 1.28. The molecule has 3 rings (SSSR count). The summed E-state index contributed by atoms with van der Waals surface area (Å²) < 4.78 is 11.7. The van der Waals surface area contributed by atoms with Crippen LogP contribution in [0.4, 0.5) is 5.69 Å². The van der Waals surface area contributed by atoms with E-state index in [1.165, 1.54) is 6.92 Å². The molecule has 0 aromatic heterocycles. The molecular formula is C21H24N2O4. The van der Waals surface area contributed by atoms with Gasteiger partial charge in [0.15, 0.2) is 17.3 Å². The third kappa shape index (κ3) is 4.65. The first-order chi connectivity index (χ1) is 12.9. The number of rotatable bonds is 6. The normalized spacial score (nSPS) is 16.7. The number of carbonyl (C=O) groups excluding carboxylic acids is 2. The Hall–Kier alpha value is -2.86. The molecule has 0 saturated carbocycles. The number of likely N-dealkylation sites (N-methyl/N-ethyl adjacent to an activating group) is 1. The lowest BCUT2D eigenvalue weighted by Gasteiger charge is -2.31.